The Balaban J connectivity index is 1.80. The molecule has 1 amide bonds. The summed E-state index contributed by atoms with van der Waals surface area (Å²) in [7, 11) is 0. The van der Waals surface area contributed by atoms with E-state index in [1.54, 1.807) is 21.4 Å². The van der Waals surface area contributed by atoms with E-state index in [9.17, 15) is 9.59 Å². The molecule has 7 heteroatoms. The number of rotatable bonds is 7. The third-order valence-corrected chi connectivity index (χ3v) is 4.40. The van der Waals surface area contributed by atoms with Crippen molar-refractivity contribution in [2.45, 2.75) is 46.5 Å². The van der Waals surface area contributed by atoms with Gasteiger partial charge in [-0.3, -0.25) is 18.6 Å². The highest BCUT2D eigenvalue weighted by atomic mass is 16.1. The van der Waals surface area contributed by atoms with Crippen LogP contribution in [0.5, 0.6) is 0 Å². The molecule has 0 saturated carbocycles. The number of aromatic nitrogens is 4. The van der Waals surface area contributed by atoms with E-state index in [1.807, 2.05) is 32.9 Å². The summed E-state index contributed by atoms with van der Waals surface area (Å²) in [5, 5.41) is 11.1. The monoisotopic (exact) mass is 367 g/mol. The van der Waals surface area contributed by atoms with Crippen LogP contribution >= 0.6 is 0 Å². The maximum atomic E-state index is 12.8. The van der Waals surface area contributed by atoms with Crippen molar-refractivity contribution >= 4 is 11.6 Å². The third-order valence-electron chi connectivity index (χ3n) is 4.40. The van der Waals surface area contributed by atoms with Gasteiger partial charge in [0, 0.05) is 37.5 Å². The summed E-state index contributed by atoms with van der Waals surface area (Å²) >= 11 is 0. The molecule has 3 aromatic rings. The van der Waals surface area contributed by atoms with Gasteiger partial charge in [-0.1, -0.05) is 13.0 Å². The molecule has 0 fully saturated rings. The molecule has 3 rings (SSSR count). The van der Waals surface area contributed by atoms with Gasteiger partial charge < -0.3 is 5.32 Å². The Morgan fingerprint density at radius 1 is 1.11 bits per heavy atom. The predicted molar refractivity (Wildman–Crippen MR) is 104 cm³/mol. The second-order valence-electron chi connectivity index (χ2n) is 6.83. The van der Waals surface area contributed by atoms with Crippen molar-refractivity contribution in [3.8, 4) is 5.69 Å². The summed E-state index contributed by atoms with van der Waals surface area (Å²) in [5.41, 5.74) is 3.10. The van der Waals surface area contributed by atoms with Gasteiger partial charge in [-0.05, 0) is 49.9 Å². The summed E-state index contributed by atoms with van der Waals surface area (Å²) in [6.45, 7) is 6.73. The number of nitrogens with one attached hydrogen (secondary N) is 1. The highest BCUT2D eigenvalue weighted by molar-refractivity contribution is 5.75. The summed E-state index contributed by atoms with van der Waals surface area (Å²) in [6, 6.07) is 6.01. The first kappa shape index (κ1) is 18.8. The van der Waals surface area contributed by atoms with Gasteiger partial charge >= 0.3 is 5.56 Å². The molecule has 0 atom stereocenters. The summed E-state index contributed by atoms with van der Waals surface area (Å²) in [4.78, 5) is 24.5. The zero-order chi connectivity index (χ0) is 19.4. The van der Waals surface area contributed by atoms with E-state index in [4.69, 9.17) is 0 Å². The molecule has 1 aromatic carbocycles. The lowest BCUT2D eigenvalue weighted by molar-refractivity contribution is -0.121. The van der Waals surface area contributed by atoms with Crippen molar-refractivity contribution in [2.75, 3.05) is 6.54 Å². The van der Waals surface area contributed by atoms with E-state index in [0.717, 1.165) is 23.2 Å². The van der Waals surface area contributed by atoms with Gasteiger partial charge in [0.05, 0.1) is 0 Å². The molecule has 27 heavy (non-hydrogen) atoms. The zero-order valence-electron chi connectivity index (χ0n) is 16.0. The van der Waals surface area contributed by atoms with Crippen molar-refractivity contribution in [3.63, 3.8) is 0 Å². The fourth-order valence-corrected chi connectivity index (χ4v) is 3.16. The molecular formula is C20H25N5O2. The van der Waals surface area contributed by atoms with Crippen LogP contribution in [0, 0.1) is 13.8 Å². The Morgan fingerprint density at radius 3 is 2.56 bits per heavy atom. The van der Waals surface area contributed by atoms with Crippen LogP contribution in [0.15, 0.2) is 35.4 Å². The topological polar surface area (TPSA) is 81.3 Å². The number of aryl methyl sites for hydroxylation is 3. The molecular weight excluding hydrogens is 342 g/mol. The maximum Gasteiger partial charge on any atom is 0.300 e. The smallest absolute Gasteiger partial charge is 0.300 e. The van der Waals surface area contributed by atoms with Crippen molar-refractivity contribution in [1.29, 1.82) is 0 Å². The van der Waals surface area contributed by atoms with Crippen molar-refractivity contribution < 1.29 is 4.79 Å². The molecule has 0 bridgehead atoms. The van der Waals surface area contributed by atoms with E-state index in [2.05, 4.69) is 21.6 Å². The molecule has 0 aliphatic heterocycles. The first-order chi connectivity index (χ1) is 13.0. The summed E-state index contributed by atoms with van der Waals surface area (Å²) in [5.74, 6) is 0.737. The van der Waals surface area contributed by atoms with Crippen LogP contribution in [-0.2, 0) is 11.2 Å². The molecule has 0 saturated heterocycles. The van der Waals surface area contributed by atoms with Gasteiger partial charge in [0.2, 0.25) is 11.6 Å². The number of hydrogen-bond acceptors (Lipinski definition) is 4. The molecule has 1 N–H and O–H groups in total. The second kappa shape index (κ2) is 8.16. The lowest BCUT2D eigenvalue weighted by Gasteiger charge is -2.09. The second-order valence-corrected chi connectivity index (χ2v) is 6.83. The molecule has 2 heterocycles. The van der Waals surface area contributed by atoms with Gasteiger partial charge in [0.1, 0.15) is 5.82 Å². The van der Waals surface area contributed by atoms with Gasteiger partial charge in [0.25, 0.3) is 0 Å². The SMILES string of the molecule is CCCNC(=O)CCCc1nnc2c(=O)n(-c3cc(C)cc(C)c3)ccn12. The number of hydrogen-bond donors (Lipinski definition) is 1. The molecule has 0 aliphatic carbocycles. The Bertz CT molecular complexity index is 999. The lowest BCUT2D eigenvalue weighted by Crippen LogP contribution is -2.23. The molecule has 0 aliphatic rings. The van der Waals surface area contributed by atoms with Crippen LogP contribution in [0.2, 0.25) is 0 Å². The van der Waals surface area contributed by atoms with Crippen LogP contribution < -0.4 is 10.9 Å². The highest BCUT2D eigenvalue weighted by Crippen LogP contribution is 2.13. The van der Waals surface area contributed by atoms with E-state index < -0.39 is 0 Å². The Morgan fingerprint density at radius 2 is 1.85 bits per heavy atom. The molecule has 7 nitrogen and oxygen atoms in total. The summed E-state index contributed by atoms with van der Waals surface area (Å²) < 4.78 is 3.30. The highest BCUT2D eigenvalue weighted by Gasteiger charge is 2.12. The quantitative estimate of drug-likeness (QED) is 0.695. The van der Waals surface area contributed by atoms with Gasteiger partial charge in [-0.25, -0.2) is 0 Å². The Kier molecular flexibility index (Phi) is 5.69. The molecule has 0 unspecified atom stereocenters. The maximum absolute atomic E-state index is 12.8. The average molecular weight is 367 g/mol. The van der Waals surface area contributed by atoms with Crippen LogP contribution in [0.4, 0.5) is 0 Å². The number of nitrogens with zero attached hydrogens (tertiary/aromatic N) is 4. The first-order valence-corrected chi connectivity index (χ1v) is 9.30. The number of amides is 1. The fraction of sp³-hybridized carbons (Fsp3) is 0.400. The first-order valence-electron chi connectivity index (χ1n) is 9.30. The number of benzene rings is 1. The standard InChI is InChI=1S/C20H25N5O2/c1-4-8-21-18(26)7-5-6-17-22-23-19-20(27)24(9-10-25(17)19)16-12-14(2)11-15(3)13-16/h9-13H,4-8H2,1-3H3,(H,21,26). The Hall–Kier alpha value is -2.96. The van der Waals surface area contributed by atoms with Gasteiger partial charge in [-0.2, -0.15) is 0 Å². The minimum atomic E-state index is -0.207. The third kappa shape index (κ3) is 4.24. The van der Waals surface area contributed by atoms with E-state index in [0.29, 0.717) is 37.3 Å². The number of fused-ring (bicyclic) bond motifs is 1. The van der Waals surface area contributed by atoms with Crippen LogP contribution in [0.25, 0.3) is 11.3 Å². The van der Waals surface area contributed by atoms with Gasteiger partial charge in [-0.15, -0.1) is 10.2 Å². The van der Waals surface area contributed by atoms with Crippen molar-refractivity contribution in [3.05, 3.63) is 57.9 Å². The minimum absolute atomic E-state index is 0.0443. The number of carbonyl (C=O) groups is 1. The lowest BCUT2D eigenvalue weighted by atomic mass is 10.1. The van der Waals surface area contributed by atoms with E-state index >= 15 is 0 Å². The molecule has 0 radical (unpaired) electrons. The Labute approximate surface area is 158 Å². The normalized spacial score (nSPS) is 11.1. The van der Waals surface area contributed by atoms with Gasteiger partial charge in [0.15, 0.2) is 0 Å². The van der Waals surface area contributed by atoms with Crippen LogP contribution in [-0.4, -0.2) is 31.6 Å². The fourth-order valence-electron chi connectivity index (χ4n) is 3.16. The predicted octanol–water partition coefficient (Wildman–Crippen LogP) is 2.35. The molecule has 0 spiro atoms. The minimum Gasteiger partial charge on any atom is -0.356 e. The van der Waals surface area contributed by atoms with E-state index in [-0.39, 0.29) is 11.5 Å². The largest absolute Gasteiger partial charge is 0.356 e. The van der Waals surface area contributed by atoms with Crippen molar-refractivity contribution in [1.82, 2.24) is 24.5 Å². The van der Waals surface area contributed by atoms with E-state index in [1.165, 1.54) is 0 Å². The number of carbonyl (C=O) groups excluding carboxylic acids is 1. The van der Waals surface area contributed by atoms with Crippen molar-refractivity contribution in [2.24, 2.45) is 0 Å². The average Bonchev–Trinajstić information content (AvgIpc) is 3.03. The zero-order valence-corrected chi connectivity index (χ0v) is 16.0. The van der Waals surface area contributed by atoms with Crippen LogP contribution in [0.3, 0.4) is 0 Å². The molecule has 2 aromatic heterocycles. The van der Waals surface area contributed by atoms with Crippen LogP contribution in [0.1, 0.15) is 43.1 Å². The summed E-state index contributed by atoms with van der Waals surface area (Å²) in [6.07, 6.45) is 6.16. The molecule has 142 valence electrons.